The lowest BCUT2D eigenvalue weighted by atomic mass is 9.85. The van der Waals surface area contributed by atoms with Gasteiger partial charge in [-0.1, -0.05) is 13.8 Å². The molecule has 152 valence electrons. The lowest BCUT2D eigenvalue weighted by Gasteiger charge is -2.44. The summed E-state index contributed by atoms with van der Waals surface area (Å²) in [4.78, 5) is 37.4. The van der Waals surface area contributed by atoms with Gasteiger partial charge in [0.05, 0.1) is 24.1 Å². The highest BCUT2D eigenvalue weighted by atomic mass is 16.2. The zero-order chi connectivity index (χ0) is 20.8. The number of aromatic amines is 1. The van der Waals surface area contributed by atoms with Gasteiger partial charge in [0.25, 0.3) is 5.91 Å². The van der Waals surface area contributed by atoms with Crippen molar-refractivity contribution in [1.82, 2.24) is 24.3 Å². The van der Waals surface area contributed by atoms with Gasteiger partial charge in [0, 0.05) is 44.9 Å². The van der Waals surface area contributed by atoms with Gasteiger partial charge in [0.2, 0.25) is 5.91 Å². The predicted octanol–water partition coefficient (Wildman–Crippen LogP) is 1.79. The van der Waals surface area contributed by atoms with Crippen LogP contribution in [-0.2, 0) is 23.8 Å². The Balaban J connectivity index is 1.67. The van der Waals surface area contributed by atoms with Crippen molar-refractivity contribution in [3.63, 3.8) is 0 Å². The first-order valence-electron chi connectivity index (χ1n) is 10.0. The zero-order valence-corrected chi connectivity index (χ0v) is 17.1. The normalized spacial score (nSPS) is 20.9. The molecule has 4 heterocycles. The Morgan fingerprint density at radius 1 is 1.38 bits per heavy atom. The van der Waals surface area contributed by atoms with Crippen LogP contribution in [0.25, 0.3) is 0 Å². The monoisotopic (exact) mass is 394 g/mol. The van der Waals surface area contributed by atoms with Crippen LogP contribution in [-0.4, -0.2) is 55.8 Å². The van der Waals surface area contributed by atoms with Crippen molar-refractivity contribution in [3.05, 3.63) is 41.2 Å². The third-order valence-electron chi connectivity index (χ3n) is 6.05. The topological polar surface area (TPSA) is 98.0 Å². The number of carbonyl (C=O) groups excluding carboxylic acids is 2. The number of carbonyl (C=O) groups is 2. The molecule has 1 spiro atoms. The molecular formula is C21H26N6O2. The van der Waals surface area contributed by atoms with Crippen molar-refractivity contribution in [3.8, 4) is 6.07 Å². The number of nitrogens with one attached hydrogen (secondary N) is 1. The van der Waals surface area contributed by atoms with Gasteiger partial charge in [-0.05, 0) is 18.4 Å². The number of hydrogen-bond acceptors (Lipinski definition) is 4. The van der Waals surface area contributed by atoms with Gasteiger partial charge in [-0.2, -0.15) is 5.26 Å². The van der Waals surface area contributed by atoms with Crippen LogP contribution in [0.3, 0.4) is 0 Å². The van der Waals surface area contributed by atoms with E-state index in [9.17, 15) is 9.59 Å². The minimum atomic E-state index is -0.582. The Morgan fingerprint density at radius 3 is 2.86 bits per heavy atom. The number of aryl methyl sites for hydroxylation is 1. The molecule has 2 aliphatic rings. The Bertz CT molecular complexity index is 997. The maximum atomic E-state index is 13.1. The van der Waals surface area contributed by atoms with Crippen molar-refractivity contribution in [2.45, 2.75) is 38.6 Å². The number of likely N-dealkylation sites (tertiary alicyclic amines) is 1. The van der Waals surface area contributed by atoms with Crippen molar-refractivity contribution in [2.75, 3.05) is 19.6 Å². The summed E-state index contributed by atoms with van der Waals surface area (Å²) in [7, 11) is 1.98. The molecule has 8 heteroatoms. The molecule has 2 aromatic heterocycles. The third kappa shape index (κ3) is 3.11. The van der Waals surface area contributed by atoms with Gasteiger partial charge < -0.3 is 19.4 Å². The summed E-state index contributed by atoms with van der Waals surface area (Å²) in [5, 5.41) is 9.03. The zero-order valence-electron chi connectivity index (χ0n) is 17.1. The maximum Gasteiger partial charge on any atom is 0.270 e. The summed E-state index contributed by atoms with van der Waals surface area (Å²) < 4.78 is 2.02. The molecule has 0 radical (unpaired) electrons. The molecule has 0 aromatic carbocycles. The number of imidazole rings is 1. The van der Waals surface area contributed by atoms with Crippen LogP contribution >= 0.6 is 0 Å². The van der Waals surface area contributed by atoms with Gasteiger partial charge in [-0.25, -0.2) is 4.98 Å². The number of amides is 2. The van der Waals surface area contributed by atoms with E-state index < -0.39 is 5.54 Å². The summed E-state index contributed by atoms with van der Waals surface area (Å²) in [5.74, 6) is 0.243. The van der Waals surface area contributed by atoms with Crippen LogP contribution in [0.15, 0.2) is 18.6 Å². The summed E-state index contributed by atoms with van der Waals surface area (Å²) in [6.07, 6.45) is 5.26. The van der Waals surface area contributed by atoms with Crippen molar-refractivity contribution in [1.29, 1.82) is 5.26 Å². The number of H-pyrrole nitrogens is 1. The molecule has 2 amide bonds. The number of rotatable bonds is 3. The summed E-state index contributed by atoms with van der Waals surface area (Å²) >= 11 is 0. The first-order chi connectivity index (χ1) is 13.9. The van der Waals surface area contributed by atoms with Gasteiger partial charge >= 0.3 is 0 Å². The van der Waals surface area contributed by atoms with Crippen molar-refractivity contribution < 1.29 is 9.59 Å². The molecule has 1 saturated heterocycles. The minimum Gasteiger partial charge on any atom is -0.356 e. The van der Waals surface area contributed by atoms with Crippen LogP contribution in [0.1, 0.15) is 54.1 Å². The summed E-state index contributed by atoms with van der Waals surface area (Å²) in [5.41, 5.74) is 2.31. The van der Waals surface area contributed by atoms with E-state index in [1.165, 1.54) is 6.20 Å². The molecule has 0 aliphatic carbocycles. The van der Waals surface area contributed by atoms with Gasteiger partial charge in [0.1, 0.15) is 17.3 Å². The number of aromatic nitrogens is 3. The van der Waals surface area contributed by atoms with E-state index >= 15 is 0 Å². The third-order valence-corrected chi connectivity index (χ3v) is 6.05. The molecule has 1 fully saturated rings. The Morgan fingerprint density at radius 2 is 2.17 bits per heavy atom. The van der Waals surface area contributed by atoms with Crippen LogP contribution in [0, 0.1) is 17.2 Å². The number of fused-ring (bicyclic) bond motifs is 2. The first kappa shape index (κ1) is 19.2. The molecule has 0 bridgehead atoms. The first-order valence-corrected chi connectivity index (χ1v) is 10.0. The van der Waals surface area contributed by atoms with E-state index in [4.69, 9.17) is 5.26 Å². The highest BCUT2D eigenvalue weighted by Gasteiger charge is 2.52. The average molecular weight is 394 g/mol. The Kier molecular flexibility index (Phi) is 4.69. The van der Waals surface area contributed by atoms with E-state index in [1.54, 1.807) is 17.3 Å². The smallest absolute Gasteiger partial charge is 0.270 e. The largest absolute Gasteiger partial charge is 0.356 e. The van der Waals surface area contributed by atoms with Crippen LogP contribution in [0.5, 0.6) is 0 Å². The summed E-state index contributed by atoms with van der Waals surface area (Å²) in [6.45, 7) is 5.69. The predicted molar refractivity (Wildman–Crippen MR) is 106 cm³/mol. The molecule has 8 nitrogen and oxygen atoms in total. The minimum absolute atomic E-state index is 0.122. The number of nitriles is 1. The molecule has 2 aromatic rings. The molecule has 1 unspecified atom stereocenters. The number of hydrogen-bond donors (Lipinski definition) is 1. The standard InChI is InChI=1S/C21H26N6O2/c1-14(2)8-18(28)27-6-4-17-19(24-13-25(17)3)21(27)5-7-26(12-21)20(29)16-9-15(10-22)11-23-16/h9,11,13-14,23H,4-8,12H2,1-3H3. The van der Waals surface area contributed by atoms with Gasteiger partial charge in [-0.3, -0.25) is 9.59 Å². The highest BCUT2D eigenvalue weighted by molar-refractivity contribution is 5.93. The average Bonchev–Trinajstić information content (AvgIpc) is 3.41. The van der Waals surface area contributed by atoms with E-state index in [1.807, 2.05) is 36.4 Å². The molecule has 0 saturated carbocycles. The lowest BCUT2D eigenvalue weighted by Crippen LogP contribution is -2.55. The van der Waals surface area contributed by atoms with Crippen LogP contribution in [0.4, 0.5) is 0 Å². The van der Waals surface area contributed by atoms with E-state index in [2.05, 4.69) is 9.97 Å². The lowest BCUT2D eigenvalue weighted by molar-refractivity contribution is -0.139. The fourth-order valence-electron chi connectivity index (χ4n) is 4.65. The Hall–Kier alpha value is -3.08. The van der Waals surface area contributed by atoms with E-state index in [0.717, 1.165) is 17.8 Å². The fraction of sp³-hybridized carbons (Fsp3) is 0.524. The van der Waals surface area contributed by atoms with E-state index in [0.29, 0.717) is 43.7 Å². The molecule has 29 heavy (non-hydrogen) atoms. The molecule has 4 rings (SSSR count). The molecule has 1 N–H and O–H groups in total. The second kappa shape index (κ2) is 7.07. The SMILES string of the molecule is CC(C)CC(=O)N1CCc2c(ncn2C)C12CCN(C(=O)c1cc(C#N)c[nH]1)C2. The second-order valence-electron chi connectivity index (χ2n) is 8.47. The van der Waals surface area contributed by atoms with Crippen molar-refractivity contribution >= 4 is 11.8 Å². The second-order valence-corrected chi connectivity index (χ2v) is 8.47. The molecule has 2 aliphatic heterocycles. The van der Waals surface area contributed by atoms with Gasteiger partial charge in [0.15, 0.2) is 0 Å². The van der Waals surface area contributed by atoms with Crippen LogP contribution < -0.4 is 0 Å². The molecular weight excluding hydrogens is 368 g/mol. The van der Waals surface area contributed by atoms with Gasteiger partial charge in [-0.15, -0.1) is 0 Å². The highest BCUT2D eigenvalue weighted by Crippen LogP contribution is 2.42. The maximum absolute atomic E-state index is 13.1. The fourth-order valence-corrected chi connectivity index (χ4v) is 4.65. The van der Waals surface area contributed by atoms with Crippen molar-refractivity contribution in [2.24, 2.45) is 13.0 Å². The number of nitrogens with zero attached hydrogens (tertiary/aromatic N) is 5. The quantitative estimate of drug-likeness (QED) is 0.858. The molecule has 1 atom stereocenters. The van der Waals surface area contributed by atoms with Crippen LogP contribution in [0.2, 0.25) is 0 Å². The Labute approximate surface area is 170 Å². The summed E-state index contributed by atoms with van der Waals surface area (Å²) in [6, 6.07) is 3.61. The van der Waals surface area contributed by atoms with E-state index in [-0.39, 0.29) is 17.7 Å².